The van der Waals surface area contributed by atoms with Crippen LogP contribution in [-0.4, -0.2) is 15.0 Å². The van der Waals surface area contributed by atoms with Gasteiger partial charge in [-0.1, -0.05) is 182 Å². The zero-order valence-electron chi connectivity index (χ0n) is 32.3. The molecule has 280 valence electrons. The first-order chi connectivity index (χ1) is 29.7. The topological polar surface area (TPSA) is 52.3 Å². The van der Waals surface area contributed by atoms with Crippen LogP contribution in [0.2, 0.25) is 0 Å². The molecule has 0 spiro atoms. The molecule has 0 atom stereocenters. The summed E-state index contributed by atoms with van der Waals surface area (Å²) in [6, 6.07) is 71.1. The molecule has 0 unspecified atom stereocenters. The van der Waals surface area contributed by atoms with Gasteiger partial charge < -0.3 is 4.74 Å². The van der Waals surface area contributed by atoms with Crippen molar-refractivity contribution in [2.24, 2.45) is 0 Å². The van der Waals surface area contributed by atoms with E-state index in [0.29, 0.717) is 28.9 Å². The highest BCUT2D eigenvalue weighted by Crippen LogP contribution is 2.57. The molecule has 0 aliphatic carbocycles. The molecule has 0 fully saturated rings. The third kappa shape index (κ3) is 5.66. The van der Waals surface area contributed by atoms with Crippen LogP contribution >= 0.6 is 0 Å². The molecule has 0 N–H and O–H groups in total. The van der Waals surface area contributed by atoms with Crippen LogP contribution in [0.25, 0.3) is 71.7 Å². The van der Waals surface area contributed by atoms with Crippen molar-refractivity contribution in [1.82, 2.24) is 15.0 Å². The lowest BCUT2D eigenvalue weighted by molar-refractivity contribution is 0.436. The number of hydrogen-bond donors (Lipinski definition) is 0. The molecule has 5 heteroatoms. The van der Waals surface area contributed by atoms with E-state index < -0.39 is 5.41 Å². The maximum Gasteiger partial charge on any atom is 0.187 e. The fourth-order valence-electron chi connectivity index (χ4n) is 8.96. The largest absolute Gasteiger partial charge is 0.456 e. The van der Waals surface area contributed by atoms with Crippen LogP contribution in [0.4, 0.5) is 5.69 Å². The van der Waals surface area contributed by atoms with Crippen molar-refractivity contribution in [2.75, 3.05) is 0 Å². The molecule has 0 radical (unpaired) electrons. The first kappa shape index (κ1) is 35.0. The second kappa shape index (κ2) is 14.3. The van der Waals surface area contributed by atoms with Crippen molar-refractivity contribution >= 4 is 27.2 Å². The zero-order valence-corrected chi connectivity index (χ0v) is 32.3. The third-order valence-electron chi connectivity index (χ3n) is 11.7. The number of fused-ring (bicyclic) bond motifs is 5. The van der Waals surface area contributed by atoms with Gasteiger partial charge in [-0.3, -0.25) is 0 Å². The van der Waals surface area contributed by atoms with Crippen molar-refractivity contribution in [3.05, 3.63) is 240 Å². The Balaban J connectivity index is 1.19. The maximum absolute atomic E-state index is 7.44. The van der Waals surface area contributed by atoms with Gasteiger partial charge in [-0.15, -0.1) is 0 Å². The van der Waals surface area contributed by atoms with Gasteiger partial charge in [0.1, 0.15) is 11.5 Å². The van der Waals surface area contributed by atoms with Crippen molar-refractivity contribution in [3.8, 4) is 56.8 Å². The minimum absolute atomic E-state index is 0.505. The van der Waals surface area contributed by atoms with Crippen LogP contribution in [0.15, 0.2) is 206 Å². The highest BCUT2D eigenvalue weighted by Gasteiger charge is 2.46. The van der Waals surface area contributed by atoms with Crippen LogP contribution in [0.5, 0.6) is 11.5 Å². The van der Waals surface area contributed by atoms with E-state index in [0.717, 1.165) is 72.0 Å². The zero-order chi connectivity index (χ0) is 40.0. The highest BCUT2D eigenvalue weighted by molar-refractivity contribution is 6.13. The van der Waals surface area contributed by atoms with Crippen LogP contribution in [0.1, 0.15) is 22.3 Å². The fraction of sp³-hybridized carbons (Fsp3) is 0.0182. The lowest BCUT2D eigenvalue weighted by Gasteiger charge is -2.42. The number of nitrogens with zero attached hydrogens (tertiary/aromatic N) is 4. The van der Waals surface area contributed by atoms with Gasteiger partial charge in [0.15, 0.2) is 23.2 Å². The first-order valence-corrected chi connectivity index (χ1v) is 20.0. The Labute approximate surface area is 347 Å². The maximum atomic E-state index is 7.44. The van der Waals surface area contributed by atoms with E-state index in [1.807, 2.05) is 42.5 Å². The van der Waals surface area contributed by atoms with E-state index in [4.69, 9.17) is 26.3 Å². The quantitative estimate of drug-likeness (QED) is 0.125. The van der Waals surface area contributed by atoms with Gasteiger partial charge >= 0.3 is 0 Å². The Bertz CT molecular complexity index is 3260. The van der Waals surface area contributed by atoms with E-state index in [1.54, 1.807) is 0 Å². The van der Waals surface area contributed by atoms with E-state index in [1.165, 1.54) is 5.39 Å². The second-order valence-electron chi connectivity index (χ2n) is 15.0. The lowest BCUT2D eigenvalue weighted by Crippen LogP contribution is -2.34. The molecule has 1 aromatic heterocycles. The summed E-state index contributed by atoms with van der Waals surface area (Å²) >= 11 is 0. The van der Waals surface area contributed by atoms with Crippen LogP contribution in [0.3, 0.4) is 0 Å². The van der Waals surface area contributed by atoms with E-state index in [2.05, 4.69) is 169 Å². The molecule has 10 aromatic rings. The Kier molecular flexibility index (Phi) is 8.35. The number of para-hydroxylation sites is 2. The summed E-state index contributed by atoms with van der Waals surface area (Å²) in [7, 11) is 0. The minimum Gasteiger partial charge on any atom is -0.456 e. The number of benzene rings is 9. The molecule has 1 aliphatic rings. The summed E-state index contributed by atoms with van der Waals surface area (Å²) in [6.45, 7) is 7.44. The van der Waals surface area contributed by atoms with Crippen molar-refractivity contribution in [2.45, 2.75) is 5.41 Å². The van der Waals surface area contributed by atoms with Crippen LogP contribution in [0, 0.1) is 6.57 Å². The summed E-state index contributed by atoms with van der Waals surface area (Å²) in [5.41, 5.74) is 8.74. The molecule has 2 heterocycles. The molecule has 60 heavy (non-hydrogen) atoms. The van der Waals surface area contributed by atoms with E-state index in [9.17, 15) is 0 Å². The molecule has 0 amide bonds. The number of hydrogen-bond acceptors (Lipinski definition) is 4. The van der Waals surface area contributed by atoms with Crippen LogP contribution < -0.4 is 4.74 Å². The van der Waals surface area contributed by atoms with Crippen molar-refractivity contribution in [1.29, 1.82) is 0 Å². The minimum atomic E-state index is -0.701. The summed E-state index contributed by atoms with van der Waals surface area (Å²) in [6.07, 6.45) is 0. The standard InChI is InChI=1S/C55H34N4O/c1-56-42-32-30-36(31-33-42)37-17-14-18-39(34-37)52-57-53(59-54(58-52)47-35-38-16-8-9-23-43(38)44-24-10-11-25-45(44)47)46-26-15-28-49-51(46)60-50-29-13-12-27-48(50)55(49,40-19-4-2-5-20-40)41-21-6-3-7-22-41/h2-35H. The van der Waals surface area contributed by atoms with Gasteiger partial charge in [0.05, 0.1) is 17.6 Å². The van der Waals surface area contributed by atoms with Gasteiger partial charge in [0, 0.05) is 22.3 Å². The molecule has 5 nitrogen and oxygen atoms in total. The van der Waals surface area contributed by atoms with E-state index in [-0.39, 0.29) is 0 Å². The summed E-state index contributed by atoms with van der Waals surface area (Å²) < 4.78 is 7.05. The Morgan fingerprint density at radius 2 is 1.00 bits per heavy atom. The molecular formula is C55H34N4O. The smallest absolute Gasteiger partial charge is 0.187 e. The normalized spacial score (nSPS) is 12.6. The fourth-order valence-corrected chi connectivity index (χ4v) is 8.96. The summed E-state index contributed by atoms with van der Waals surface area (Å²) in [5.74, 6) is 3.08. The van der Waals surface area contributed by atoms with Crippen molar-refractivity contribution in [3.63, 3.8) is 0 Å². The number of aromatic nitrogens is 3. The Hall–Kier alpha value is -8.20. The van der Waals surface area contributed by atoms with Gasteiger partial charge in [0.2, 0.25) is 0 Å². The molecule has 0 bridgehead atoms. The molecular weight excluding hydrogens is 733 g/mol. The first-order valence-electron chi connectivity index (χ1n) is 20.0. The van der Waals surface area contributed by atoms with Gasteiger partial charge in [-0.25, -0.2) is 19.8 Å². The Morgan fingerprint density at radius 3 is 1.75 bits per heavy atom. The number of rotatable bonds is 6. The van der Waals surface area contributed by atoms with E-state index >= 15 is 0 Å². The molecule has 11 rings (SSSR count). The van der Waals surface area contributed by atoms with Crippen molar-refractivity contribution < 1.29 is 4.74 Å². The monoisotopic (exact) mass is 766 g/mol. The molecule has 0 saturated carbocycles. The average Bonchev–Trinajstić information content (AvgIpc) is 3.33. The predicted octanol–water partition coefficient (Wildman–Crippen LogP) is 13.9. The molecule has 1 aliphatic heterocycles. The average molecular weight is 767 g/mol. The SMILES string of the molecule is [C-]#[N+]c1ccc(-c2cccc(-c3nc(-c4cccc5c4Oc4ccccc4C5(c4ccccc4)c4ccccc4)nc(-c4cc5ccccc5c5ccccc45)n3)c2)cc1. The predicted molar refractivity (Wildman–Crippen MR) is 241 cm³/mol. The molecule has 0 saturated heterocycles. The highest BCUT2D eigenvalue weighted by atomic mass is 16.5. The Morgan fingerprint density at radius 1 is 0.417 bits per heavy atom. The lowest BCUT2D eigenvalue weighted by atomic mass is 9.63. The van der Waals surface area contributed by atoms with Gasteiger partial charge in [-0.2, -0.15) is 0 Å². The third-order valence-corrected chi connectivity index (χ3v) is 11.7. The summed E-state index contributed by atoms with van der Waals surface area (Å²) in [4.78, 5) is 19.6. The second-order valence-corrected chi connectivity index (χ2v) is 15.0. The molecule has 9 aromatic carbocycles. The van der Waals surface area contributed by atoms with Crippen LogP contribution in [-0.2, 0) is 5.41 Å². The van der Waals surface area contributed by atoms with Gasteiger partial charge in [-0.05, 0) is 68.1 Å². The summed E-state index contributed by atoms with van der Waals surface area (Å²) in [5, 5.41) is 4.46. The van der Waals surface area contributed by atoms with Gasteiger partial charge in [0.25, 0.3) is 0 Å². The number of ether oxygens (including phenoxy) is 1.